The van der Waals surface area contributed by atoms with Crippen LogP contribution >= 0.6 is 0 Å². The van der Waals surface area contributed by atoms with Crippen LogP contribution in [0.3, 0.4) is 0 Å². The van der Waals surface area contributed by atoms with E-state index in [1.54, 1.807) is 0 Å². The zero-order valence-corrected chi connectivity index (χ0v) is 16.3. The van der Waals surface area contributed by atoms with Crippen molar-refractivity contribution in [1.82, 2.24) is 0 Å². The molecular formula is C24H24N2O2. The van der Waals surface area contributed by atoms with Crippen LogP contribution in [0.15, 0.2) is 60.7 Å². The van der Waals surface area contributed by atoms with Crippen LogP contribution < -0.4 is 9.80 Å². The number of nitrogens with zero attached hydrogens (tertiary/aromatic N) is 2. The Morgan fingerprint density at radius 2 is 1.18 bits per heavy atom. The van der Waals surface area contributed by atoms with Gasteiger partial charge in [-0.2, -0.15) is 0 Å². The summed E-state index contributed by atoms with van der Waals surface area (Å²) in [5.41, 5.74) is 5.10. The first-order valence-corrected chi connectivity index (χ1v) is 9.99. The van der Waals surface area contributed by atoms with E-state index in [0.717, 1.165) is 29.8 Å². The minimum absolute atomic E-state index is 0.0148. The molecule has 4 heteroatoms. The molecule has 2 amide bonds. The number of anilines is 2. The maximum atomic E-state index is 13.3. The summed E-state index contributed by atoms with van der Waals surface area (Å²) in [6, 6.07) is 16.3. The summed E-state index contributed by atoms with van der Waals surface area (Å²) in [6.07, 6.45) is 1.71. The molecule has 1 aliphatic carbocycles. The van der Waals surface area contributed by atoms with Gasteiger partial charge in [-0.1, -0.05) is 48.6 Å². The van der Waals surface area contributed by atoms with Crippen LogP contribution in [0.25, 0.3) is 0 Å². The minimum atomic E-state index is -0.402. The third kappa shape index (κ3) is 2.37. The van der Waals surface area contributed by atoms with Crippen molar-refractivity contribution in [2.45, 2.75) is 38.8 Å². The number of fused-ring (bicyclic) bond motifs is 2. The molecule has 2 heterocycles. The number of benzene rings is 2. The van der Waals surface area contributed by atoms with Gasteiger partial charge in [0.25, 0.3) is 0 Å². The Hall–Kier alpha value is -2.88. The Morgan fingerprint density at radius 3 is 1.61 bits per heavy atom. The predicted molar refractivity (Wildman–Crippen MR) is 110 cm³/mol. The Morgan fingerprint density at radius 1 is 0.786 bits per heavy atom. The lowest BCUT2D eigenvalue weighted by Gasteiger charge is -2.24. The van der Waals surface area contributed by atoms with E-state index in [1.807, 2.05) is 46.2 Å². The van der Waals surface area contributed by atoms with Crippen molar-refractivity contribution in [3.63, 3.8) is 0 Å². The lowest BCUT2D eigenvalue weighted by Crippen LogP contribution is -2.40. The van der Waals surface area contributed by atoms with Gasteiger partial charge in [0.15, 0.2) is 0 Å². The molecule has 0 radical (unpaired) electrons. The van der Waals surface area contributed by atoms with Gasteiger partial charge in [0.1, 0.15) is 0 Å². The first-order valence-electron chi connectivity index (χ1n) is 9.99. The fourth-order valence-electron chi connectivity index (χ4n) is 5.02. The molecule has 1 saturated carbocycles. The van der Waals surface area contributed by atoms with E-state index in [9.17, 15) is 9.59 Å². The summed E-state index contributed by atoms with van der Waals surface area (Å²) in [4.78, 5) is 30.4. The summed E-state index contributed by atoms with van der Waals surface area (Å²) in [5, 5.41) is 0. The zero-order valence-electron chi connectivity index (χ0n) is 16.3. The molecular weight excluding hydrogens is 348 g/mol. The molecule has 4 nitrogen and oxygen atoms in total. The van der Waals surface area contributed by atoms with E-state index >= 15 is 0 Å². The molecule has 142 valence electrons. The number of para-hydroxylation sites is 2. The average molecular weight is 372 g/mol. The monoisotopic (exact) mass is 372 g/mol. The lowest BCUT2D eigenvalue weighted by molar-refractivity contribution is -0.124. The van der Waals surface area contributed by atoms with Crippen LogP contribution in [-0.2, 0) is 22.4 Å². The van der Waals surface area contributed by atoms with Crippen LogP contribution in [-0.4, -0.2) is 23.9 Å². The summed E-state index contributed by atoms with van der Waals surface area (Å²) in [5.74, 6) is -0.774. The molecule has 2 aromatic rings. The van der Waals surface area contributed by atoms with Crippen LogP contribution in [0, 0.1) is 11.8 Å². The normalized spacial score (nSPS) is 27.6. The smallest absolute Gasteiger partial charge is 0.235 e. The Kier molecular flexibility index (Phi) is 3.73. The van der Waals surface area contributed by atoms with Crippen LogP contribution in [0.4, 0.5) is 11.4 Å². The summed E-state index contributed by atoms with van der Waals surface area (Å²) >= 11 is 0. The number of amides is 2. The van der Waals surface area contributed by atoms with E-state index in [4.69, 9.17) is 0 Å². The van der Waals surface area contributed by atoms with Gasteiger partial charge in [-0.15, -0.1) is 0 Å². The molecule has 5 rings (SSSR count). The van der Waals surface area contributed by atoms with E-state index in [-0.39, 0.29) is 23.9 Å². The van der Waals surface area contributed by atoms with Gasteiger partial charge in [0, 0.05) is 23.5 Å². The van der Waals surface area contributed by atoms with Crippen molar-refractivity contribution in [2.24, 2.45) is 11.8 Å². The highest BCUT2D eigenvalue weighted by Gasteiger charge is 2.57. The standard InChI is InChI=1S/C24H24N2O2/c1-14-12-17-8-4-6-10-19(17)25(14)23(27)21-16(3)22(21)24(28)26-15(2)13-18-9-5-7-11-20(18)26/h4-11,14-15,21-22H,3,12-13H2,1-2H3/t14-,15+,21-,22-/m1/s1. The topological polar surface area (TPSA) is 40.6 Å². The maximum Gasteiger partial charge on any atom is 0.235 e. The highest BCUT2D eigenvalue weighted by Crippen LogP contribution is 2.50. The van der Waals surface area contributed by atoms with Gasteiger partial charge in [0.2, 0.25) is 11.8 Å². The van der Waals surface area contributed by atoms with Crippen molar-refractivity contribution in [1.29, 1.82) is 0 Å². The number of carbonyl (C=O) groups is 2. The quantitative estimate of drug-likeness (QED) is 0.754. The lowest BCUT2D eigenvalue weighted by atomic mass is 10.1. The number of hydrogen-bond acceptors (Lipinski definition) is 2. The first kappa shape index (κ1) is 17.2. The van der Waals surface area contributed by atoms with Crippen molar-refractivity contribution >= 4 is 23.2 Å². The molecule has 2 aliphatic heterocycles. The maximum absolute atomic E-state index is 13.3. The molecule has 0 aromatic heterocycles. The molecule has 28 heavy (non-hydrogen) atoms. The predicted octanol–water partition coefficient (Wildman–Crippen LogP) is 3.74. The first-order chi connectivity index (χ1) is 13.5. The number of rotatable bonds is 2. The zero-order chi connectivity index (χ0) is 19.6. The van der Waals surface area contributed by atoms with Crippen molar-refractivity contribution < 1.29 is 9.59 Å². The second-order valence-electron chi connectivity index (χ2n) is 8.31. The molecule has 0 unspecified atom stereocenters. The van der Waals surface area contributed by atoms with Crippen molar-refractivity contribution in [2.75, 3.05) is 9.80 Å². The average Bonchev–Trinajstić information content (AvgIpc) is 3.05. The summed E-state index contributed by atoms with van der Waals surface area (Å²) in [7, 11) is 0. The highest BCUT2D eigenvalue weighted by molar-refractivity contribution is 6.11. The van der Waals surface area contributed by atoms with Gasteiger partial charge in [-0.05, 0) is 49.9 Å². The Balaban J connectivity index is 1.40. The molecule has 4 atom stereocenters. The van der Waals surface area contributed by atoms with E-state index < -0.39 is 11.8 Å². The highest BCUT2D eigenvalue weighted by atomic mass is 16.2. The molecule has 0 saturated heterocycles. The molecule has 0 bridgehead atoms. The van der Waals surface area contributed by atoms with Gasteiger partial charge >= 0.3 is 0 Å². The van der Waals surface area contributed by atoms with Gasteiger partial charge in [-0.25, -0.2) is 0 Å². The van der Waals surface area contributed by atoms with Gasteiger partial charge in [0.05, 0.1) is 11.8 Å². The molecule has 0 N–H and O–H groups in total. The van der Waals surface area contributed by atoms with Gasteiger partial charge in [-0.3, -0.25) is 9.59 Å². The third-order valence-corrected chi connectivity index (χ3v) is 6.44. The van der Waals surface area contributed by atoms with Crippen molar-refractivity contribution in [3.05, 3.63) is 71.8 Å². The fraction of sp³-hybridized carbons (Fsp3) is 0.333. The molecule has 2 aromatic carbocycles. The van der Waals surface area contributed by atoms with E-state index in [1.165, 1.54) is 11.1 Å². The largest absolute Gasteiger partial charge is 0.308 e. The van der Waals surface area contributed by atoms with E-state index in [0.29, 0.717) is 0 Å². The van der Waals surface area contributed by atoms with Crippen LogP contribution in [0.2, 0.25) is 0 Å². The second kappa shape index (κ2) is 6.06. The summed E-state index contributed by atoms with van der Waals surface area (Å²) in [6.45, 7) is 8.22. The van der Waals surface area contributed by atoms with Crippen LogP contribution in [0.1, 0.15) is 25.0 Å². The second-order valence-corrected chi connectivity index (χ2v) is 8.31. The minimum Gasteiger partial charge on any atom is -0.308 e. The molecule has 1 fully saturated rings. The van der Waals surface area contributed by atoms with Gasteiger partial charge < -0.3 is 9.80 Å². The third-order valence-electron chi connectivity index (χ3n) is 6.44. The summed E-state index contributed by atoms with van der Waals surface area (Å²) < 4.78 is 0. The number of carbonyl (C=O) groups excluding carboxylic acids is 2. The Labute approximate surface area is 165 Å². The molecule has 0 spiro atoms. The Bertz CT molecular complexity index is 932. The van der Waals surface area contributed by atoms with Crippen LogP contribution in [0.5, 0.6) is 0 Å². The number of hydrogen-bond donors (Lipinski definition) is 0. The molecule has 3 aliphatic rings. The van der Waals surface area contributed by atoms with Crippen molar-refractivity contribution in [3.8, 4) is 0 Å². The fourth-order valence-corrected chi connectivity index (χ4v) is 5.02. The SMILES string of the molecule is C=C1[C@@H](C(=O)N2c3ccccc3C[C@H]2C)[C@@H]1C(=O)N1c2ccccc2C[C@@H]1C. The van der Waals surface area contributed by atoms with E-state index in [2.05, 4.69) is 32.6 Å².